The second-order valence-corrected chi connectivity index (χ2v) is 6.13. The van der Waals surface area contributed by atoms with Gasteiger partial charge >= 0.3 is 0 Å². The lowest BCUT2D eigenvalue weighted by molar-refractivity contribution is -0.111. The second kappa shape index (κ2) is 8.76. The highest BCUT2D eigenvalue weighted by Gasteiger charge is 2.17. The number of amides is 1. The molecule has 1 aromatic heterocycles. The van der Waals surface area contributed by atoms with E-state index >= 15 is 0 Å². The number of carbonyl (C=O) groups is 1. The maximum atomic E-state index is 13.1. The summed E-state index contributed by atoms with van der Waals surface area (Å²) in [6, 6.07) is 16.7. The molecule has 0 radical (unpaired) electrons. The lowest BCUT2D eigenvalue weighted by Crippen LogP contribution is -2.16. The molecule has 2 aromatic carbocycles. The summed E-state index contributed by atoms with van der Waals surface area (Å²) in [5.74, 6) is 1.15. The normalized spacial score (nSPS) is 10.9. The van der Waals surface area contributed by atoms with Crippen LogP contribution in [0, 0.1) is 11.3 Å². The molecule has 29 heavy (non-hydrogen) atoms. The van der Waals surface area contributed by atoms with E-state index in [0.29, 0.717) is 28.5 Å². The number of benzene rings is 2. The van der Waals surface area contributed by atoms with E-state index in [9.17, 15) is 10.1 Å². The number of hydrogen-bond acceptors (Lipinski definition) is 5. The van der Waals surface area contributed by atoms with Crippen molar-refractivity contribution in [3.8, 4) is 17.6 Å². The van der Waals surface area contributed by atoms with Crippen LogP contribution in [0.15, 0.2) is 54.7 Å². The largest absolute Gasteiger partial charge is 0.493 e. The molecule has 146 valence electrons. The van der Waals surface area contributed by atoms with Crippen LogP contribution in [0.1, 0.15) is 16.7 Å². The number of methoxy groups -OCH3 is 2. The Bertz CT molecular complexity index is 1090. The number of ether oxygens (including phenoxy) is 2. The quantitative estimate of drug-likeness (QED) is 0.516. The Morgan fingerprint density at radius 2 is 1.86 bits per heavy atom. The SMILES string of the molecule is COc1ccc(/C=C(/C(=O)Nc2c(C#N)cnn2C)c2ccccc2)cc1OC. The van der Waals surface area contributed by atoms with E-state index < -0.39 is 0 Å². The van der Waals surface area contributed by atoms with Gasteiger partial charge in [-0.25, -0.2) is 0 Å². The Labute approximate surface area is 168 Å². The summed E-state index contributed by atoms with van der Waals surface area (Å²) in [4.78, 5) is 13.1. The summed E-state index contributed by atoms with van der Waals surface area (Å²) in [5, 5.41) is 16.1. The molecule has 0 fully saturated rings. The van der Waals surface area contributed by atoms with E-state index in [4.69, 9.17) is 9.47 Å². The molecule has 7 nitrogen and oxygen atoms in total. The molecule has 3 rings (SSSR count). The fourth-order valence-electron chi connectivity index (χ4n) is 2.85. The molecule has 0 aliphatic heterocycles. The van der Waals surface area contributed by atoms with Crippen LogP contribution in [0.3, 0.4) is 0 Å². The molecule has 1 N–H and O–H groups in total. The Hall–Kier alpha value is -4.05. The number of nitrogens with zero attached hydrogens (tertiary/aromatic N) is 3. The van der Waals surface area contributed by atoms with Crippen LogP contribution in [-0.4, -0.2) is 29.9 Å². The maximum Gasteiger partial charge on any atom is 0.257 e. The summed E-state index contributed by atoms with van der Waals surface area (Å²) >= 11 is 0. The molecule has 3 aromatic rings. The van der Waals surface area contributed by atoms with Crippen LogP contribution < -0.4 is 14.8 Å². The Morgan fingerprint density at radius 1 is 1.14 bits per heavy atom. The molecular weight excluding hydrogens is 368 g/mol. The Morgan fingerprint density at radius 3 is 2.52 bits per heavy atom. The third-order valence-electron chi connectivity index (χ3n) is 4.34. The number of nitriles is 1. The molecule has 0 aliphatic rings. The van der Waals surface area contributed by atoms with Crippen LogP contribution >= 0.6 is 0 Å². The number of aryl methyl sites for hydroxylation is 1. The van der Waals surface area contributed by atoms with Crippen molar-refractivity contribution in [2.45, 2.75) is 0 Å². The molecule has 7 heteroatoms. The molecule has 1 amide bonds. The van der Waals surface area contributed by atoms with Crippen molar-refractivity contribution in [3.05, 3.63) is 71.4 Å². The first-order chi connectivity index (χ1) is 14.1. The summed E-state index contributed by atoms with van der Waals surface area (Å²) in [6.07, 6.45) is 3.17. The topological polar surface area (TPSA) is 89.2 Å². The molecular formula is C22H20N4O3. The number of carbonyl (C=O) groups excluding carboxylic acids is 1. The van der Waals surface area contributed by atoms with Gasteiger partial charge in [-0.3, -0.25) is 9.48 Å². The molecule has 0 spiro atoms. The average molecular weight is 388 g/mol. The lowest BCUT2D eigenvalue weighted by Gasteiger charge is -2.12. The van der Waals surface area contributed by atoms with Crippen molar-refractivity contribution in [2.75, 3.05) is 19.5 Å². The van der Waals surface area contributed by atoms with Crippen molar-refractivity contribution in [1.29, 1.82) is 5.26 Å². The zero-order valence-corrected chi connectivity index (χ0v) is 16.3. The van der Waals surface area contributed by atoms with E-state index in [0.717, 1.165) is 11.1 Å². The van der Waals surface area contributed by atoms with Crippen LogP contribution in [-0.2, 0) is 11.8 Å². The van der Waals surface area contributed by atoms with Crippen LogP contribution in [0.5, 0.6) is 11.5 Å². The Balaban J connectivity index is 2.04. The van der Waals surface area contributed by atoms with Crippen molar-refractivity contribution >= 4 is 23.4 Å². The molecule has 0 bridgehead atoms. The van der Waals surface area contributed by atoms with Crippen LogP contribution in [0.4, 0.5) is 5.82 Å². The van der Waals surface area contributed by atoms with Gasteiger partial charge in [-0.05, 0) is 29.3 Å². The predicted octanol–water partition coefficient (Wildman–Crippen LogP) is 3.49. The van der Waals surface area contributed by atoms with Gasteiger partial charge in [0.1, 0.15) is 17.5 Å². The predicted molar refractivity (Wildman–Crippen MR) is 110 cm³/mol. The minimum absolute atomic E-state index is 0.291. The zero-order chi connectivity index (χ0) is 20.8. The zero-order valence-electron chi connectivity index (χ0n) is 16.3. The van der Waals surface area contributed by atoms with Gasteiger partial charge in [-0.2, -0.15) is 10.4 Å². The molecule has 0 saturated carbocycles. The fourth-order valence-corrected chi connectivity index (χ4v) is 2.85. The fraction of sp³-hybridized carbons (Fsp3) is 0.136. The highest BCUT2D eigenvalue weighted by molar-refractivity contribution is 6.29. The van der Waals surface area contributed by atoms with Crippen LogP contribution in [0.25, 0.3) is 11.6 Å². The van der Waals surface area contributed by atoms with Gasteiger partial charge in [0.25, 0.3) is 5.91 Å². The van der Waals surface area contributed by atoms with E-state index in [1.165, 1.54) is 10.9 Å². The summed E-state index contributed by atoms with van der Waals surface area (Å²) in [6.45, 7) is 0. The number of nitrogens with one attached hydrogen (secondary N) is 1. The van der Waals surface area contributed by atoms with Crippen LogP contribution in [0.2, 0.25) is 0 Å². The molecule has 0 unspecified atom stereocenters. The van der Waals surface area contributed by atoms with Crippen molar-refractivity contribution in [1.82, 2.24) is 9.78 Å². The highest BCUT2D eigenvalue weighted by Crippen LogP contribution is 2.30. The first kappa shape index (κ1) is 19.7. The molecule has 0 atom stereocenters. The molecule has 1 heterocycles. The monoisotopic (exact) mass is 388 g/mol. The average Bonchev–Trinajstić information content (AvgIpc) is 3.11. The van der Waals surface area contributed by atoms with Gasteiger partial charge in [0.2, 0.25) is 0 Å². The molecule has 0 saturated heterocycles. The van der Waals surface area contributed by atoms with Gasteiger partial charge in [-0.15, -0.1) is 0 Å². The number of hydrogen-bond donors (Lipinski definition) is 1. The van der Waals surface area contributed by atoms with E-state index in [1.54, 1.807) is 39.5 Å². The van der Waals surface area contributed by atoms with E-state index in [1.807, 2.05) is 42.5 Å². The van der Waals surface area contributed by atoms with E-state index in [2.05, 4.69) is 10.4 Å². The minimum atomic E-state index is -0.355. The first-order valence-corrected chi connectivity index (χ1v) is 8.80. The lowest BCUT2D eigenvalue weighted by atomic mass is 10.0. The summed E-state index contributed by atoms with van der Waals surface area (Å²) in [5.41, 5.74) is 2.23. The van der Waals surface area contributed by atoms with E-state index in [-0.39, 0.29) is 5.91 Å². The standard InChI is InChI=1S/C22H20N4O3/c1-26-21(17(13-23)14-24-26)25-22(27)18(16-7-5-4-6-8-16)11-15-9-10-19(28-2)20(12-15)29-3/h4-12,14H,1-3H3,(H,25,27)/b18-11+. The third-order valence-corrected chi connectivity index (χ3v) is 4.34. The number of aromatic nitrogens is 2. The van der Waals surface area contributed by atoms with Crippen molar-refractivity contribution in [3.63, 3.8) is 0 Å². The second-order valence-electron chi connectivity index (χ2n) is 6.13. The third kappa shape index (κ3) is 4.28. The maximum absolute atomic E-state index is 13.1. The summed E-state index contributed by atoms with van der Waals surface area (Å²) < 4.78 is 12.1. The van der Waals surface area contributed by atoms with Gasteiger partial charge in [0, 0.05) is 12.6 Å². The molecule has 0 aliphatic carbocycles. The minimum Gasteiger partial charge on any atom is -0.493 e. The summed E-state index contributed by atoms with van der Waals surface area (Å²) in [7, 11) is 4.79. The number of anilines is 1. The van der Waals surface area contributed by atoms with Crippen molar-refractivity contribution < 1.29 is 14.3 Å². The smallest absolute Gasteiger partial charge is 0.257 e. The van der Waals surface area contributed by atoms with Gasteiger partial charge in [-0.1, -0.05) is 36.4 Å². The highest BCUT2D eigenvalue weighted by atomic mass is 16.5. The Kier molecular flexibility index (Phi) is 5.95. The van der Waals surface area contributed by atoms with Gasteiger partial charge in [0.05, 0.1) is 20.4 Å². The van der Waals surface area contributed by atoms with Gasteiger partial charge in [0.15, 0.2) is 11.5 Å². The number of rotatable bonds is 6. The van der Waals surface area contributed by atoms with Crippen molar-refractivity contribution in [2.24, 2.45) is 7.05 Å². The van der Waals surface area contributed by atoms with Gasteiger partial charge < -0.3 is 14.8 Å². The first-order valence-electron chi connectivity index (χ1n) is 8.80.